The van der Waals surface area contributed by atoms with Gasteiger partial charge in [-0.25, -0.2) is 10.8 Å². The number of nitrogen functional groups attached to an aromatic ring is 1. The molecule has 6 heteroatoms. The summed E-state index contributed by atoms with van der Waals surface area (Å²) in [5.41, 5.74) is 5.73. The van der Waals surface area contributed by atoms with E-state index in [-0.39, 0.29) is 0 Å². The fraction of sp³-hybridized carbons (Fsp3) is 0.250. The summed E-state index contributed by atoms with van der Waals surface area (Å²) >= 11 is 0. The number of aryl methyl sites for hydroxylation is 2. The molecule has 0 aliphatic heterocycles. The zero-order valence-corrected chi connectivity index (χ0v) is 10.4. The molecular formula is C12H16N6. The fourth-order valence-corrected chi connectivity index (χ4v) is 1.55. The SMILES string of the molecule is Cc1ccncc1CNc1nc(NN)ncc1C. The van der Waals surface area contributed by atoms with Crippen molar-refractivity contribution in [3.8, 4) is 0 Å². The van der Waals surface area contributed by atoms with Crippen LogP contribution in [0.5, 0.6) is 0 Å². The Balaban J connectivity index is 2.13. The van der Waals surface area contributed by atoms with Crippen LogP contribution in [0.15, 0.2) is 24.7 Å². The van der Waals surface area contributed by atoms with Gasteiger partial charge in [0, 0.05) is 30.7 Å². The Kier molecular flexibility index (Phi) is 3.69. The predicted octanol–water partition coefficient (Wildman–Crippen LogP) is 1.39. The lowest BCUT2D eigenvalue weighted by Gasteiger charge is -2.10. The van der Waals surface area contributed by atoms with E-state index in [0.29, 0.717) is 12.5 Å². The molecule has 0 unspecified atom stereocenters. The molecular weight excluding hydrogens is 228 g/mol. The second-order valence-corrected chi connectivity index (χ2v) is 4.03. The Bertz CT molecular complexity index is 540. The van der Waals surface area contributed by atoms with Gasteiger partial charge in [0.15, 0.2) is 0 Å². The number of nitrogens with zero attached hydrogens (tertiary/aromatic N) is 3. The monoisotopic (exact) mass is 244 g/mol. The van der Waals surface area contributed by atoms with Gasteiger partial charge in [0.2, 0.25) is 5.95 Å². The molecule has 0 aliphatic carbocycles. The molecule has 2 aromatic heterocycles. The number of anilines is 2. The molecule has 0 saturated heterocycles. The molecule has 0 radical (unpaired) electrons. The fourth-order valence-electron chi connectivity index (χ4n) is 1.55. The average Bonchev–Trinajstić information content (AvgIpc) is 2.39. The molecule has 6 nitrogen and oxygen atoms in total. The Morgan fingerprint density at radius 3 is 2.78 bits per heavy atom. The zero-order chi connectivity index (χ0) is 13.0. The Hall–Kier alpha value is -2.21. The highest BCUT2D eigenvalue weighted by Crippen LogP contribution is 2.14. The summed E-state index contributed by atoms with van der Waals surface area (Å²) in [5.74, 6) is 6.45. The van der Waals surface area contributed by atoms with Crippen molar-refractivity contribution >= 4 is 11.8 Å². The highest BCUT2D eigenvalue weighted by atomic mass is 15.3. The van der Waals surface area contributed by atoms with Gasteiger partial charge in [-0.3, -0.25) is 10.4 Å². The van der Waals surface area contributed by atoms with Crippen molar-refractivity contribution in [2.45, 2.75) is 20.4 Å². The molecule has 2 rings (SSSR count). The van der Waals surface area contributed by atoms with Crippen molar-refractivity contribution in [1.82, 2.24) is 15.0 Å². The van der Waals surface area contributed by atoms with E-state index in [1.54, 1.807) is 12.4 Å². The smallest absolute Gasteiger partial charge is 0.239 e. The van der Waals surface area contributed by atoms with Crippen molar-refractivity contribution in [3.05, 3.63) is 41.3 Å². The van der Waals surface area contributed by atoms with Gasteiger partial charge in [-0.05, 0) is 31.0 Å². The first-order valence-electron chi connectivity index (χ1n) is 5.64. The maximum Gasteiger partial charge on any atom is 0.239 e. The molecule has 18 heavy (non-hydrogen) atoms. The zero-order valence-electron chi connectivity index (χ0n) is 10.4. The van der Waals surface area contributed by atoms with Crippen LogP contribution >= 0.6 is 0 Å². The first kappa shape index (κ1) is 12.3. The third-order valence-corrected chi connectivity index (χ3v) is 2.69. The van der Waals surface area contributed by atoms with E-state index in [2.05, 4.69) is 32.6 Å². The van der Waals surface area contributed by atoms with Gasteiger partial charge in [0.25, 0.3) is 0 Å². The standard InChI is InChI=1S/C12H16N6/c1-8-3-4-14-6-10(8)7-15-11-9(2)5-16-12(17-11)18-13/h3-6H,7,13H2,1-2H3,(H2,15,16,17,18). The average molecular weight is 244 g/mol. The summed E-state index contributed by atoms with van der Waals surface area (Å²) in [4.78, 5) is 12.4. The van der Waals surface area contributed by atoms with Crippen molar-refractivity contribution in [2.75, 3.05) is 10.7 Å². The summed E-state index contributed by atoms with van der Waals surface area (Å²) in [6.45, 7) is 4.67. The van der Waals surface area contributed by atoms with E-state index in [1.807, 2.05) is 19.2 Å². The van der Waals surface area contributed by atoms with Gasteiger partial charge in [0.05, 0.1) is 0 Å². The highest BCUT2D eigenvalue weighted by molar-refractivity contribution is 5.46. The Labute approximate surface area is 106 Å². The summed E-state index contributed by atoms with van der Waals surface area (Å²) in [6, 6.07) is 1.98. The predicted molar refractivity (Wildman–Crippen MR) is 70.9 cm³/mol. The minimum absolute atomic E-state index is 0.394. The third kappa shape index (κ3) is 2.72. The van der Waals surface area contributed by atoms with Crippen LogP contribution in [0.1, 0.15) is 16.7 Å². The lowest BCUT2D eigenvalue weighted by Crippen LogP contribution is -2.13. The number of rotatable bonds is 4. The first-order chi connectivity index (χ1) is 8.70. The number of hydrogen-bond donors (Lipinski definition) is 3. The maximum absolute atomic E-state index is 5.29. The Morgan fingerprint density at radius 1 is 1.22 bits per heavy atom. The molecule has 0 bridgehead atoms. The van der Waals surface area contributed by atoms with Gasteiger partial charge in [-0.2, -0.15) is 4.98 Å². The number of nitrogens with one attached hydrogen (secondary N) is 2. The highest BCUT2D eigenvalue weighted by Gasteiger charge is 2.04. The maximum atomic E-state index is 5.29. The lowest BCUT2D eigenvalue weighted by molar-refractivity contribution is 1.03. The van der Waals surface area contributed by atoms with E-state index < -0.39 is 0 Å². The molecule has 0 spiro atoms. The van der Waals surface area contributed by atoms with E-state index in [9.17, 15) is 0 Å². The van der Waals surface area contributed by atoms with Crippen molar-refractivity contribution in [1.29, 1.82) is 0 Å². The molecule has 0 atom stereocenters. The largest absolute Gasteiger partial charge is 0.366 e. The number of nitrogens with two attached hydrogens (primary N) is 1. The summed E-state index contributed by atoms with van der Waals surface area (Å²) in [6.07, 6.45) is 5.35. The van der Waals surface area contributed by atoms with Crippen LogP contribution in [0.4, 0.5) is 11.8 Å². The Morgan fingerprint density at radius 2 is 2.06 bits per heavy atom. The molecule has 94 valence electrons. The van der Waals surface area contributed by atoms with Crippen molar-refractivity contribution < 1.29 is 0 Å². The third-order valence-electron chi connectivity index (χ3n) is 2.69. The van der Waals surface area contributed by atoms with Crippen molar-refractivity contribution in [2.24, 2.45) is 5.84 Å². The molecule has 0 aliphatic rings. The van der Waals surface area contributed by atoms with Crippen LogP contribution in [0.2, 0.25) is 0 Å². The normalized spacial score (nSPS) is 10.2. The van der Waals surface area contributed by atoms with Gasteiger partial charge in [0.1, 0.15) is 5.82 Å². The van der Waals surface area contributed by atoms with Gasteiger partial charge < -0.3 is 5.32 Å². The van der Waals surface area contributed by atoms with Gasteiger partial charge in [-0.15, -0.1) is 0 Å². The number of pyridine rings is 1. The molecule has 2 heterocycles. The van der Waals surface area contributed by atoms with E-state index in [4.69, 9.17) is 5.84 Å². The number of hydrogen-bond acceptors (Lipinski definition) is 6. The quantitative estimate of drug-likeness (QED) is 0.556. The summed E-state index contributed by atoms with van der Waals surface area (Å²) < 4.78 is 0. The number of hydrazine groups is 1. The summed E-state index contributed by atoms with van der Waals surface area (Å²) in [5, 5.41) is 3.26. The van der Waals surface area contributed by atoms with E-state index in [1.165, 1.54) is 5.56 Å². The minimum atomic E-state index is 0.394. The second-order valence-electron chi connectivity index (χ2n) is 4.03. The first-order valence-corrected chi connectivity index (χ1v) is 5.64. The van der Waals surface area contributed by atoms with Gasteiger partial charge in [-0.1, -0.05) is 0 Å². The van der Waals surface area contributed by atoms with Crippen LogP contribution in [0.25, 0.3) is 0 Å². The molecule has 0 amide bonds. The molecule has 2 aromatic rings. The summed E-state index contributed by atoms with van der Waals surface area (Å²) in [7, 11) is 0. The minimum Gasteiger partial charge on any atom is -0.366 e. The van der Waals surface area contributed by atoms with Crippen LogP contribution in [-0.2, 0) is 6.54 Å². The molecule has 4 N–H and O–H groups in total. The lowest BCUT2D eigenvalue weighted by atomic mass is 10.1. The molecule has 0 fully saturated rings. The van der Waals surface area contributed by atoms with Gasteiger partial charge >= 0.3 is 0 Å². The van der Waals surface area contributed by atoms with Crippen LogP contribution in [0, 0.1) is 13.8 Å². The van der Waals surface area contributed by atoms with Crippen molar-refractivity contribution in [3.63, 3.8) is 0 Å². The van der Waals surface area contributed by atoms with Crippen LogP contribution < -0.4 is 16.6 Å². The topological polar surface area (TPSA) is 88.8 Å². The van der Waals surface area contributed by atoms with Crippen LogP contribution in [-0.4, -0.2) is 15.0 Å². The van der Waals surface area contributed by atoms with Crippen LogP contribution in [0.3, 0.4) is 0 Å². The second kappa shape index (κ2) is 5.42. The van der Waals surface area contributed by atoms with E-state index >= 15 is 0 Å². The number of aromatic nitrogens is 3. The van der Waals surface area contributed by atoms with E-state index in [0.717, 1.165) is 16.9 Å². The molecule has 0 aromatic carbocycles. The molecule has 0 saturated carbocycles.